The summed E-state index contributed by atoms with van der Waals surface area (Å²) in [6.07, 6.45) is 3.73. The lowest BCUT2D eigenvalue weighted by molar-refractivity contribution is 0.0703. The summed E-state index contributed by atoms with van der Waals surface area (Å²) in [7, 11) is 0. The quantitative estimate of drug-likeness (QED) is 0.943. The summed E-state index contributed by atoms with van der Waals surface area (Å²) < 4.78 is 0. The van der Waals surface area contributed by atoms with Crippen LogP contribution in [0.2, 0.25) is 5.02 Å². The van der Waals surface area contributed by atoms with Crippen molar-refractivity contribution in [2.75, 3.05) is 26.2 Å². The molecular weight excluding hydrogens is 292 g/mol. The van der Waals surface area contributed by atoms with Crippen molar-refractivity contribution in [3.8, 4) is 0 Å². The second-order valence-electron chi connectivity index (χ2n) is 5.05. The summed E-state index contributed by atoms with van der Waals surface area (Å²) in [4.78, 5) is 13.9. The van der Waals surface area contributed by atoms with Gasteiger partial charge in [-0.3, -0.25) is 9.80 Å². The molecule has 2 aromatic heterocycles. The Hall–Kier alpha value is -0.880. The first-order valence-corrected chi connectivity index (χ1v) is 8.21. The molecule has 0 radical (unpaired) electrons. The summed E-state index contributed by atoms with van der Waals surface area (Å²) in [5.41, 5.74) is 0. The smallest absolute Gasteiger partial charge is 0.124 e. The van der Waals surface area contributed by atoms with Crippen LogP contribution in [0.1, 0.15) is 23.7 Å². The zero-order valence-electron chi connectivity index (χ0n) is 11.6. The van der Waals surface area contributed by atoms with Crippen LogP contribution in [-0.2, 0) is 6.54 Å². The molecule has 0 spiro atoms. The van der Waals surface area contributed by atoms with E-state index in [1.54, 1.807) is 11.3 Å². The van der Waals surface area contributed by atoms with E-state index in [1.165, 1.54) is 4.88 Å². The van der Waals surface area contributed by atoms with Gasteiger partial charge in [-0.05, 0) is 18.0 Å². The summed E-state index contributed by atoms with van der Waals surface area (Å²) >= 11 is 7.94. The van der Waals surface area contributed by atoms with E-state index in [1.807, 2.05) is 18.5 Å². The molecule has 4 nitrogen and oxygen atoms in total. The number of H-pyrrole nitrogens is 1. The van der Waals surface area contributed by atoms with Gasteiger partial charge in [-0.15, -0.1) is 11.3 Å². The highest BCUT2D eigenvalue weighted by Crippen LogP contribution is 2.27. The second-order valence-corrected chi connectivity index (χ2v) is 6.45. The van der Waals surface area contributed by atoms with Gasteiger partial charge in [0.1, 0.15) is 5.82 Å². The number of hydrogen-bond donors (Lipinski definition) is 1. The van der Waals surface area contributed by atoms with Gasteiger partial charge in [-0.25, -0.2) is 4.98 Å². The molecule has 6 heteroatoms. The Kier molecular flexibility index (Phi) is 4.41. The van der Waals surface area contributed by atoms with Gasteiger partial charge in [-0.2, -0.15) is 0 Å². The lowest BCUT2D eigenvalue weighted by atomic mass is 10.1. The van der Waals surface area contributed by atoms with Crippen LogP contribution < -0.4 is 0 Å². The standard InChI is InChI=1S/C14H19ClN4S/c1-2-19-7-6-18(10-13-11(15)3-8-20-13)9-12(19)14-16-4-5-17-14/h3-5,8,12H,2,6-7,9-10H2,1H3,(H,16,17)/t12-/m1/s1. The molecule has 2 aromatic rings. The van der Waals surface area contributed by atoms with E-state index in [2.05, 4.69) is 32.1 Å². The number of halogens is 1. The minimum absolute atomic E-state index is 0.350. The van der Waals surface area contributed by atoms with E-state index >= 15 is 0 Å². The van der Waals surface area contributed by atoms with E-state index < -0.39 is 0 Å². The topological polar surface area (TPSA) is 35.2 Å². The number of piperazine rings is 1. The number of aromatic amines is 1. The third kappa shape index (κ3) is 2.91. The van der Waals surface area contributed by atoms with Crippen LogP contribution in [0.15, 0.2) is 23.8 Å². The molecule has 20 heavy (non-hydrogen) atoms. The van der Waals surface area contributed by atoms with Crippen LogP contribution >= 0.6 is 22.9 Å². The predicted molar refractivity (Wildman–Crippen MR) is 83.2 cm³/mol. The van der Waals surface area contributed by atoms with Crippen LogP contribution in [-0.4, -0.2) is 45.9 Å². The minimum Gasteiger partial charge on any atom is -0.347 e. The first-order chi connectivity index (χ1) is 9.78. The molecule has 1 fully saturated rings. The number of hydrogen-bond acceptors (Lipinski definition) is 4. The lowest BCUT2D eigenvalue weighted by Crippen LogP contribution is -2.48. The summed E-state index contributed by atoms with van der Waals surface area (Å²) in [6, 6.07) is 2.33. The maximum atomic E-state index is 6.21. The zero-order chi connectivity index (χ0) is 13.9. The number of nitrogens with zero attached hydrogens (tertiary/aromatic N) is 3. The van der Waals surface area contributed by atoms with Crippen LogP contribution in [0.5, 0.6) is 0 Å². The molecule has 0 saturated carbocycles. The van der Waals surface area contributed by atoms with E-state index in [4.69, 9.17) is 11.6 Å². The van der Waals surface area contributed by atoms with Gasteiger partial charge in [0.25, 0.3) is 0 Å². The van der Waals surface area contributed by atoms with Crippen molar-refractivity contribution in [2.24, 2.45) is 0 Å². The lowest BCUT2D eigenvalue weighted by Gasteiger charge is -2.40. The fourth-order valence-electron chi connectivity index (χ4n) is 2.76. The molecule has 108 valence electrons. The first-order valence-electron chi connectivity index (χ1n) is 6.95. The van der Waals surface area contributed by atoms with E-state index in [0.717, 1.165) is 43.6 Å². The Morgan fingerprint density at radius 1 is 1.50 bits per heavy atom. The van der Waals surface area contributed by atoms with Crippen molar-refractivity contribution >= 4 is 22.9 Å². The maximum Gasteiger partial charge on any atom is 0.124 e. The summed E-state index contributed by atoms with van der Waals surface area (Å²) in [5, 5.41) is 2.95. The molecule has 3 heterocycles. The van der Waals surface area contributed by atoms with Crippen molar-refractivity contribution in [3.05, 3.63) is 39.6 Å². The van der Waals surface area contributed by atoms with Crippen molar-refractivity contribution < 1.29 is 0 Å². The molecule has 3 rings (SSSR count). The predicted octanol–water partition coefficient (Wildman–Crippen LogP) is 3.00. The van der Waals surface area contributed by atoms with Gasteiger partial charge < -0.3 is 4.98 Å². The highest BCUT2D eigenvalue weighted by atomic mass is 35.5. The summed E-state index contributed by atoms with van der Waals surface area (Å²) in [6.45, 7) is 7.35. The van der Waals surface area contributed by atoms with Gasteiger partial charge in [0, 0.05) is 43.4 Å². The zero-order valence-corrected chi connectivity index (χ0v) is 13.1. The maximum absolute atomic E-state index is 6.21. The molecular formula is C14H19ClN4S. The number of thiophene rings is 1. The fourth-order valence-corrected chi connectivity index (χ4v) is 3.90. The van der Waals surface area contributed by atoms with Crippen molar-refractivity contribution in [1.82, 2.24) is 19.8 Å². The van der Waals surface area contributed by atoms with E-state index in [9.17, 15) is 0 Å². The van der Waals surface area contributed by atoms with E-state index in [0.29, 0.717) is 6.04 Å². The molecule has 1 aliphatic rings. The third-order valence-corrected chi connectivity index (χ3v) is 5.25. The Bertz CT molecular complexity index is 539. The minimum atomic E-state index is 0.350. The third-order valence-electron chi connectivity index (χ3n) is 3.87. The molecule has 1 aliphatic heterocycles. The van der Waals surface area contributed by atoms with Crippen LogP contribution in [0.25, 0.3) is 0 Å². The normalized spacial score (nSPS) is 21.4. The van der Waals surface area contributed by atoms with Gasteiger partial charge in [-0.1, -0.05) is 18.5 Å². The van der Waals surface area contributed by atoms with Gasteiger partial charge in [0.15, 0.2) is 0 Å². The monoisotopic (exact) mass is 310 g/mol. The van der Waals surface area contributed by atoms with Crippen LogP contribution in [0.4, 0.5) is 0 Å². The number of imidazole rings is 1. The molecule has 1 atom stereocenters. The second kappa shape index (κ2) is 6.26. The van der Waals surface area contributed by atoms with Crippen LogP contribution in [0, 0.1) is 0 Å². The van der Waals surface area contributed by atoms with Crippen LogP contribution in [0.3, 0.4) is 0 Å². The highest BCUT2D eigenvalue weighted by Gasteiger charge is 2.29. The van der Waals surface area contributed by atoms with Gasteiger partial charge in [0.05, 0.1) is 11.1 Å². The average Bonchev–Trinajstić information content (AvgIpc) is 3.11. The highest BCUT2D eigenvalue weighted by molar-refractivity contribution is 7.10. The Morgan fingerprint density at radius 2 is 2.40 bits per heavy atom. The molecule has 0 bridgehead atoms. The van der Waals surface area contributed by atoms with Gasteiger partial charge >= 0.3 is 0 Å². The van der Waals surface area contributed by atoms with Crippen molar-refractivity contribution in [2.45, 2.75) is 19.5 Å². The largest absolute Gasteiger partial charge is 0.347 e. The molecule has 0 aliphatic carbocycles. The number of nitrogens with one attached hydrogen (secondary N) is 1. The molecule has 1 N–H and O–H groups in total. The fraction of sp³-hybridized carbons (Fsp3) is 0.500. The Morgan fingerprint density at radius 3 is 3.05 bits per heavy atom. The molecule has 0 unspecified atom stereocenters. The number of likely N-dealkylation sites (N-methyl/N-ethyl adjacent to an activating group) is 1. The van der Waals surface area contributed by atoms with Crippen molar-refractivity contribution in [1.29, 1.82) is 0 Å². The van der Waals surface area contributed by atoms with E-state index in [-0.39, 0.29) is 0 Å². The van der Waals surface area contributed by atoms with Gasteiger partial charge in [0.2, 0.25) is 0 Å². The number of rotatable bonds is 4. The molecule has 0 amide bonds. The Balaban J connectivity index is 1.71. The first kappa shape index (κ1) is 14.1. The van der Waals surface area contributed by atoms with Crippen molar-refractivity contribution in [3.63, 3.8) is 0 Å². The Labute approximate surface area is 128 Å². The average molecular weight is 311 g/mol. The number of aromatic nitrogens is 2. The molecule has 1 saturated heterocycles. The summed E-state index contributed by atoms with van der Waals surface area (Å²) in [5.74, 6) is 1.06. The molecule has 0 aromatic carbocycles. The SMILES string of the molecule is CCN1CCN(Cc2sccc2Cl)C[C@@H]1c1ncc[nH]1.